The largest absolute Gasteiger partial charge is 0.358 e. The first kappa shape index (κ1) is 10.7. The molecular formula is C13H14F2N2. The predicted octanol–water partition coefficient (Wildman–Crippen LogP) is 2.91. The Morgan fingerprint density at radius 2 is 1.88 bits per heavy atom. The van der Waals surface area contributed by atoms with Crippen molar-refractivity contribution < 1.29 is 8.78 Å². The van der Waals surface area contributed by atoms with Crippen LogP contribution in [0, 0.1) is 11.6 Å². The molecule has 0 aliphatic carbocycles. The van der Waals surface area contributed by atoms with Crippen LogP contribution in [0.4, 0.5) is 8.78 Å². The van der Waals surface area contributed by atoms with Crippen molar-refractivity contribution >= 4 is 10.9 Å². The van der Waals surface area contributed by atoms with Crippen LogP contribution >= 0.6 is 0 Å². The zero-order valence-corrected chi connectivity index (χ0v) is 9.39. The highest BCUT2D eigenvalue weighted by atomic mass is 19.2. The number of piperidine rings is 1. The maximum Gasteiger partial charge on any atom is 0.182 e. The van der Waals surface area contributed by atoms with Gasteiger partial charge in [-0.2, -0.15) is 0 Å². The first-order valence-electron chi connectivity index (χ1n) is 5.93. The Hall–Kier alpha value is -1.42. The van der Waals surface area contributed by atoms with Gasteiger partial charge in [0.2, 0.25) is 0 Å². The fraction of sp³-hybridized carbons (Fsp3) is 0.385. The molecule has 0 bridgehead atoms. The molecule has 17 heavy (non-hydrogen) atoms. The number of aromatic amines is 1. The molecular weight excluding hydrogens is 222 g/mol. The maximum absolute atomic E-state index is 13.6. The van der Waals surface area contributed by atoms with Gasteiger partial charge in [0.15, 0.2) is 11.6 Å². The van der Waals surface area contributed by atoms with Gasteiger partial charge in [0.05, 0.1) is 5.52 Å². The SMILES string of the molecule is Fc1ccc2c(C3CCNCC3)c[nH]c2c1F. The van der Waals surface area contributed by atoms with E-state index in [0.717, 1.165) is 36.9 Å². The average Bonchev–Trinajstić information content (AvgIpc) is 2.79. The molecule has 2 aromatic rings. The Morgan fingerprint density at radius 3 is 2.65 bits per heavy atom. The molecule has 4 heteroatoms. The topological polar surface area (TPSA) is 27.8 Å². The zero-order valence-electron chi connectivity index (χ0n) is 9.39. The summed E-state index contributed by atoms with van der Waals surface area (Å²) in [7, 11) is 0. The molecule has 0 spiro atoms. The second-order valence-electron chi connectivity index (χ2n) is 4.55. The summed E-state index contributed by atoms with van der Waals surface area (Å²) in [6.45, 7) is 1.97. The summed E-state index contributed by atoms with van der Waals surface area (Å²) >= 11 is 0. The lowest BCUT2D eigenvalue weighted by molar-refractivity contribution is 0.462. The molecule has 0 amide bonds. The smallest absolute Gasteiger partial charge is 0.182 e. The zero-order chi connectivity index (χ0) is 11.8. The minimum absolute atomic E-state index is 0.290. The van der Waals surface area contributed by atoms with Crippen LogP contribution in [0.15, 0.2) is 18.3 Å². The van der Waals surface area contributed by atoms with Crippen LogP contribution in [0.1, 0.15) is 24.3 Å². The van der Waals surface area contributed by atoms with E-state index in [9.17, 15) is 8.78 Å². The van der Waals surface area contributed by atoms with Crippen LogP contribution in [-0.2, 0) is 0 Å². The van der Waals surface area contributed by atoms with Gasteiger partial charge in [-0.05, 0) is 49.5 Å². The fourth-order valence-electron chi connectivity index (χ4n) is 2.63. The quantitative estimate of drug-likeness (QED) is 0.782. The molecule has 2 heterocycles. The van der Waals surface area contributed by atoms with Crippen LogP contribution < -0.4 is 5.32 Å². The molecule has 2 N–H and O–H groups in total. The fourth-order valence-corrected chi connectivity index (χ4v) is 2.63. The van der Waals surface area contributed by atoms with Crippen LogP contribution in [0.25, 0.3) is 10.9 Å². The minimum atomic E-state index is -0.795. The van der Waals surface area contributed by atoms with Crippen LogP contribution in [0.5, 0.6) is 0 Å². The van der Waals surface area contributed by atoms with Crippen molar-refractivity contribution in [1.82, 2.24) is 10.3 Å². The molecule has 0 saturated carbocycles. The molecule has 1 saturated heterocycles. The van der Waals surface area contributed by atoms with Crippen LogP contribution in [0.2, 0.25) is 0 Å². The molecule has 3 rings (SSSR count). The molecule has 1 aliphatic heterocycles. The minimum Gasteiger partial charge on any atom is -0.358 e. The Morgan fingerprint density at radius 1 is 1.12 bits per heavy atom. The summed E-state index contributed by atoms with van der Waals surface area (Å²) in [5, 5.41) is 4.12. The van der Waals surface area contributed by atoms with Crippen molar-refractivity contribution in [2.24, 2.45) is 0 Å². The number of rotatable bonds is 1. The molecule has 0 atom stereocenters. The van der Waals surface area contributed by atoms with Gasteiger partial charge in [-0.15, -0.1) is 0 Å². The van der Waals surface area contributed by atoms with E-state index in [1.807, 2.05) is 6.20 Å². The van der Waals surface area contributed by atoms with E-state index in [-0.39, 0.29) is 0 Å². The third-order valence-electron chi connectivity index (χ3n) is 3.56. The van der Waals surface area contributed by atoms with Gasteiger partial charge in [-0.1, -0.05) is 0 Å². The second-order valence-corrected chi connectivity index (χ2v) is 4.55. The number of fused-ring (bicyclic) bond motifs is 1. The van der Waals surface area contributed by atoms with E-state index in [0.29, 0.717) is 11.4 Å². The first-order chi connectivity index (χ1) is 8.27. The molecule has 1 fully saturated rings. The van der Waals surface area contributed by atoms with Crippen molar-refractivity contribution in [3.63, 3.8) is 0 Å². The average molecular weight is 236 g/mol. The number of nitrogens with one attached hydrogen (secondary N) is 2. The Kier molecular flexibility index (Phi) is 2.59. The molecule has 1 aromatic carbocycles. The summed E-state index contributed by atoms with van der Waals surface area (Å²) in [4.78, 5) is 2.86. The lowest BCUT2D eigenvalue weighted by Gasteiger charge is -2.22. The van der Waals surface area contributed by atoms with Crippen molar-refractivity contribution in [3.8, 4) is 0 Å². The summed E-state index contributed by atoms with van der Waals surface area (Å²) < 4.78 is 26.7. The van der Waals surface area contributed by atoms with Crippen molar-refractivity contribution in [2.45, 2.75) is 18.8 Å². The monoisotopic (exact) mass is 236 g/mol. The van der Waals surface area contributed by atoms with Crippen molar-refractivity contribution in [1.29, 1.82) is 0 Å². The Balaban J connectivity index is 2.08. The van der Waals surface area contributed by atoms with Gasteiger partial charge < -0.3 is 10.3 Å². The number of benzene rings is 1. The number of aromatic nitrogens is 1. The lowest BCUT2D eigenvalue weighted by atomic mass is 9.90. The summed E-state index contributed by atoms with van der Waals surface area (Å²) in [6.07, 6.45) is 3.92. The highest BCUT2D eigenvalue weighted by Crippen LogP contribution is 2.32. The highest BCUT2D eigenvalue weighted by Gasteiger charge is 2.20. The third kappa shape index (κ3) is 1.72. The number of hydrogen-bond acceptors (Lipinski definition) is 1. The van der Waals surface area contributed by atoms with Crippen LogP contribution in [-0.4, -0.2) is 18.1 Å². The van der Waals surface area contributed by atoms with Gasteiger partial charge in [-0.3, -0.25) is 0 Å². The van der Waals surface area contributed by atoms with Gasteiger partial charge in [0, 0.05) is 11.6 Å². The molecule has 1 aromatic heterocycles. The molecule has 0 unspecified atom stereocenters. The van der Waals surface area contributed by atoms with E-state index < -0.39 is 11.6 Å². The van der Waals surface area contributed by atoms with E-state index in [4.69, 9.17) is 0 Å². The lowest BCUT2D eigenvalue weighted by Crippen LogP contribution is -2.26. The summed E-state index contributed by atoms with van der Waals surface area (Å²) in [5.41, 5.74) is 1.40. The van der Waals surface area contributed by atoms with Gasteiger partial charge >= 0.3 is 0 Å². The Labute approximate surface area is 98.0 Å². The third-order valence-corrected chi connectivity index (χ3v) is 3.56. The summed E-state index contributed by atoms with van der Waals surface area (Å²) in [6, 6.07) is 2.87. The molecule has 0 radical (unpaired) electrons. The Bertz CT molecular complexity index is 542. The number of hydrogen-bond donors (Lipinski definition) is 2. The van der Waals surface area contributed by atoms with Crippen molar-refractivity contribution in [3.05, 3.63) is 35.5 Å². The number of H-pyrrole nitrogens is 1. The van der Waals surface area contributed by atoms with E-state index in [2.05, 4.69) is 10.3 Å². The number of halogens is 2. The van der Waals surface area contributed by atoms with Crippen LogP contribution in [0.3, 0.4) is 0 Å². The van der Waals surface area contributed by atoms with Crippen molar-refractivity contribution in [2.75, 3.05) is 13.1 Å². The van der Waals surface area contributed by atoms with E-state index in [1.54, 1.807) is 6.07 Å². The molecule has 90 valence electrons. The molecule has 1 aliphatic rings. The second kappa shape index (κ2) is 4.11. The van der Waals surface area contributed by atoms with E-state index in [1.165, 1.54) is 6.07 Å². The first-order valence-corrected chi connectivity index (χ1v) is 5.93. The normalized spacial score (nSPS) is 17.8. The standard InChI is InChI=1S/C13H14F2N2/c14-11-2-1-9-10(7-17-13(9)12(11)15)8-3-5-16-6-4-8/h1-2,7-8,16-17H,3-6H2. The van der Waals surface area contributed by atoms with E-state index >= 15 is 0 Å². The van der Waals surface area contributed by atoms with Gasteiger partial charge in [-0.25, -0.2) is 8.78 Å². The predicted molar refractivity (Wildman–Crippen MR) is 63.1 cm³/mol. The van der Waals surface area contributed by atoms with Gasteiger partial charge in [0.25, 0.3) is 0 Å². The highest BCUT2D eigenvalue weighted by molar-refractivity contribution is 5.84. The van der Waals surface area contributed by atoms with Gasteiger partial charge in [0.1, 0.15) is 0 Å². The maximum atomic E-state index is 13.6. The molecule has 2 nitrogen and oxygen atoms in total. The summed E-state index contributed by atoms with van der Waals surface area (Å²) in [5.74, 6) is -1.13.